The average molecular weight is 898 g/mol. The Morgan fingerprint density at radius 2 is 1.70 bits per heavy atom. The lowest BCUT2D eigenvalue weighted by Crippen LogP contribution is -2.68. The van der Waals surface area contributed by atoms with E-state index in [9.17, 15) is 23.6 Å². The molecule has 0 amide bonds. The van der Waals surface area contributed by atoms with Crippen molar-refractivity contribution in [1.82, 2.24) is 10.3 Å². The topological polar surface area (TPSA) is 139 Å². The van der Waals surface area contributed by atoms with Crippen LogP contribution in [0.4, 0.5) is 0 Å². The number of pyridine rings is 1. The van der Waals surface area contributed by atoms with Gasteiger partial charge in [0.2, 0.25) is 5.88 Å². The third-order valence-electron chi connectivity index (χ3n) is 20.2. The number of sulfone groups is 1. The van der Waals surface area contributed by atoms with Crippen molar-refractivity contribution in [1.29, 1.82) is 5.26 Å². The third kappa shape index (κ3) is 7.75. The van der Waals surface area contributed by atoms with Gasteiger partial charge >= 0.3 is 5.97 Å². The molecular formula is C54H79N3O6S. The summed E-state index contributed by atoms with van der Waals surface area (Å²) in [5.74, 6) is 2.82. The van der Waals surface area contributed by atoms with Gasteiger partial charge in [-0.2, -0.15) is 5.26 Å². The molecule has 1 aromatic rings. The van der Waals surface area contributed by atoms with E-state index in [1.807, 2.05) is 6.92 Å². The van der Waals surface area contributed by atoms with Gasteiger partial charge in [-0.1, -0.05) is 58.9 Å². The minimum atomic E-state index is -3.08. The number of nitriles is 1. The maximum Gasteiger partial charge on any atom is 0.315 e. The van der Waals surface area contributed by atoms with Crippen molar-refractivity contribution in [3.63, 3.8) is 0 Å². The van der Waals surface area contributed by atoms with Crippen LogP contribution in [-0.2, 0) is 19.4 Å². The Morgan fingerprint density at radius 3 is 2.36 bits per heavy atom. The van der Waals surface area contributed by atoms with Crippen LogP contribution in [0.2, 0.25) is 0 Å². The fraction of sp³-hybridized carbons (Fsp3) is 0.759. The highest BCUT2D eigenvalue weighted by Crippen LogP contribution is 2.76. The first kappa shape index (κ1) is 47.5. The molecule has 5 saturated carbocycles. The van der Waals surface area contributed by atoms with Gasteiger partial charge < -0.3 is 19.9 Å². The number of nitrogens with zero attached hydrogens (tertiary/aromatic N) is 2. The molecular weight excluding hydrogens is 819 g/mol. The predicted octanol–water partition coefficient (Wildman–Crippen LogP) is 10.6. The van der Waals surface area contributed by atoms with Gasteiger partial charge in [0, 0.05) is 18.0 Å². The van der Waals surface area contributed by atoms with Crippen molar-refractivity contribution in [2.45, 2.75) is 174 Å². The zero-order valence-corrected chi connectivity index (χ0v) is 41.3. The first-order valence-corrected chi connectivity index (χ1v) is 26.9. The normalized spacial score (nSPS) is 41.4. The second-order valence-corrected chi connectivity index (χ2v) is 25.8. The zero-order valence-electron chi connectivity index (χ0n) is 40.5. The molecule has 7 aliphatic rings. The number of hydrogen-bond donors (Lipinski definition) is 2. The van der Waals surface area contributed by atoms with E-state index in [1.54, 1.807) is 18.3 Å². The Kier molecular flexibility index (Phi) is 12.6. The number of ether oxygens (including phenoxy) is 2. The number of carbonyl (C=O) groups excluding carboxylic acids is 1. The second kappa shape index (κ2) is 17.0. The fourth-order valence-electron chi connectivity index (χ4n) is 16.6. The monoisotopic (exact) mass is 898 g/mol. The van der Waals surface area contributed by atoms with Gasteiger partial charge in [-0.05, 0) is 204 Å². The summed E-state index contributed by atoms with van der Waals surface area (Å²) in [6.45, 7) is 23.0. The van der Waals surface area contributed by atoms with Crippen LogP contribution in [0.3, 0.4) is 0 Å². The van der Waals surface area contributed by atoms with Crippen LogP contribution in [0.25, 0.3) is 0 Å². The van der Waals surface area contributed by atoms with E-state index in [4.69, 9.17) is 9.47 Å². The maximum absolute atomic E-state index is 13.6. The van der Waals surface area contributed by atoms with Crippen molar-refractivity contribution in [2.24, 2.45) is 56.7 Å². The molecule has 1 heterocycles. The molecule has 10 heteroatoms. The fourth-order valence-corrected chi connectivity index (χ4v) is 17.6. The number of rotatable bonds is 12. The van der Waals surface area contributed by atoms with Crippen LogP contribution in [0.5, 0.6) is 5.88 Å². The van der Waals surface area contributed by atoms with Crippen LogP contribution >= 0.6 is 0 Å². The summed E-state index contributed by atoms with van der Waals surface area (Å²) in [4.78, 5) is 17.9. The molecule has 8 rings (SSSR count). The SMILES string of the molecule is C=C(C)[C@@H]1CC[C@]2(NCC[C@]3(O)CC[C@H](S(C)(=O)=O)CC3)CC[C@]3(C)[C@H](CC[C@@H]4[C@@]5(C)CC=C(C6=CC[C@@](COc7ncccc7C#N)(C(=O)OCC)CC6)C(C)(C)[C@@H]5CC[C@]43C)[C@@H]12. The highest BCUT2D eigenvalue weighted by atomic mass is 32.2. The molecule has 10 atom stereocenters. The number of esters is 1. The van der Waals surface area contributed by atoms with Gasteiger partial charge in [-0.25, -0.2) is 13.4 Å². The molecule has 0 bridgehead atoms. The number of aromatic nitrogens is 1. The third-order valence-corrected chi connectivity index (χ3v) is 21.9. The number of carbonyl (C=O) groups is 1. The predicted molar refractivity (Wildman–Crippen MR) is 253 cm³/mol. The molecule has 0 radical (unpaired) electrons. The lowest BCUT2D eigenvalue weighted by Gasteiger charge is -2.72. The van der Waals surface area contributed by atoms with Crippen LogP contribution in [0.15, 0.2) is 53.8 Å². The number of aliphatic hydroxyl groups is 1. The van der Waals surface area contributed by atoms with E-state index in [0.717, 1.165) is 32.2 Å². The lowest BCUT2D eigenvalue weighted by molar-refractivity contribution is -0.221. The number of nitrogens with one attached hydrogen (secondary N) is 1. The Labute approximate surface area is 385 Å². The first-order valence-electron chi connectivity index (χ1n) is 25.0. The molecule has 0 aliphatic heterocycles. The van der Waals surface area contributed by atoms with E-state index in [2.05, 4.69) is 76.6 Å². The number of hydrogen-bond acceptors (Lipinski definition) is 9. The summed E-state index contributed by atoms with van der Waals surface area (Å²) in [5.41, 5.74) is 3.51. The van der Waals surface area contributed by atoms with E-state index >= 15 is 0 Å². The van der Waals surface area contributed by atoms with Gasteiger partial charge in [0.25, 0.3) is 0 Å². The molecule has 0 aromatic carbocycles. The summed E-state index contributed by atoms with van der Waals surface area (Å²) in [6.07, 6.45) is 23.5. The Hall–Kier alpha value is -3.00. The Balaban J connectivity index is 1.00. The van der Waals surface area contributed by atoms with Crippen LogP contribution in [-0.4, -0.2) is 66.9 Å². The Bertz CT molecular complexity index is 2200. The largest absolute Gasteiger partial charge is 0.475 e. The smallest absolute Gasteiger partial charge is 0.315 e. The first-order chi connectivity index (χ1) is 30.1. The van der Waals surface area contributed by atoms with Gasteiger partial charge in [0.05, 0.1) is 17.5 Å². The molecule has 0 unspecified atom stereocenters. The maximum atomic E-state index is 13.6. The molecule has 9 nitrogen and oxygen atoms in total. The van der Waals surface area contributed by atoms with Gasteiger partial charge in [-0.15, -0.1) is 0 Å². The van der Waals surface area contributed by atoms with Crippen LogP contribution < -0.4 is 10.1 Å². The molecule has 2 N–H and O–H groups in total. The van der Waals surface area contributed by atoms with E-state index in [1.165, 1.54) is 61.5 Å². The molecule has 5 fully saturated rings. The van der Waals surface area contributed by atoms with E-state index in [0.29, 0.717) is 86.7 Å². The van der Waals surface area contributed by atoms with E-state index < -0.39 is 20.9 Å². The second-order valence-electron chi connectivity index (χ2n) is 23.5. The van der Waals surface area contributed by atoms with Crippen molar-refractivity contribution in [3.05, 3.63) is 59.3 Å². The molecule has 0 saturated heterocycles. The highest BCUT2D eigenvalue weighted by Gasteiger charge is 2.70. The summed E-state index contributed by atoms with van der Waals surface area (Å²) in [6, 6.07) is 5.56. The Morgan fingerprint density at radius 1 is 0.953 bits per heavy atom. The lowest BCUT2D eigenvalue weighted by atomic mass is 9.33. The van der Waals surface area contributed by atoms with Crippen molar-refractivity contribution in [2.75, 3.05) is 26.0 Å². The summed E-state index contributed by atoms with van der Waals surface area (Å²) in [7, 11) is -3.08. The van der Waals surface area contributed by atoms with Crippen LogP contribution in [0.1, 0.15) is 163 Å². The number of allylic oxidation sites excluding steroid dienone is 5. The van der Waals surface area contributed by atoms with Crippen molar-refractivity contribution >= 4 is 15.8 Å². The zero-order chi connectivity index (χ0) is 46.1. The van der Waals surface area contributed by atoms with Gasteiger partial charge in [-0.3, -0.25) is 4.79 Å². The average Bonchev–Trinajstić information content (AvgIpc) is 3.63. The van der Waals surface area contributed by atoms with Crippen molar-refractivity contribution < 1.29 is 27.8 Å². The molecule has 64 heavy (non-hydrogen) atoms. The van der Waals surface area contributed by atoms with Gasteiger partial charge in [0.15, 0.2) is 0 Å². The molecule has 1 aromatic heterocycles. The summed E-state index contributed by atoms with van der Waals surface area (Å²) in [5, 5.41) is 25.1. The number of fused-ring (bicyclic) bond motifs is 7. The standard InChI is InChI=1S/C54H79N3O6S/c1-10-62-47(58)52(35-63-46-38(34-55)12-11-32-56-46)24-15-37(16-25-52)41-20-22-49(6)43(48(41,4)5)21-23-51(8)44(49)14-13-42-45-40(36(2)3)19-28-54(45,30-29-50(42,51)7)57-33-31-53(59)26-17-39(18-27-53)64(9,60)61/h11-12,15,20,32,39-40,42-45,57,59H,2,10,13-14,16-19,21-31,33,35H2,1,3-9H3/t39-,40-,42+,43-,44+,45+,49-,50+,51+,52+,53-,54-/m0/s1. The van der Waals surface area contributed by atoms with Crippen LogP contribution in [0, 0.1) is 68.0 Å². The van der Waals surface area contributed by atoms with E-state index in [-0.39, 0.29) is 50.9 Å². The molecule has 352 valence electrons. The summed E-state index contributed by atoms with van der Waals surface area (Å²) >= 11 is 0. The minimum Gasteiger partial charge on any atom is -0.475 e. The molecule has 0 spiro atoms. The molecule has 7 aliphatic carbocycles. The van der Waals surface area contributed by atoms with Crippen molar-refractivity contribution in [3.8, 4) is 11.9 Å². The summed E-state index contributed by atoms with van der Waals surface area (Å²) < 4.78 is 36.3. The quantitative estimate of drug-likeness (QED) is 0.155. The minimum absolute atomic E-state index is 0.0236. The van der Waals surface area contributed by atoms with Gasteiger partial charge in [0.1, 0.15) is 33.5 Å². The highest BCUT2D eigenvalue weighted by molar-refractivity contribution is 7.91.